The number of aryl methyl sites for hydroxylation is 3. The number of anilines is 1. The van der Waals surface area contributed by atoms with Gasteiger partial charge in [0.2, 0.25) is 5.91 Å². The Morgan fingerprint density at radius 2 is 1.58 bits per heavy atom. The summed E-state index contributed by atoms with van der Waals surface area (Å²) in [6.45, 7) is 6.03. The molecular formula is C20H23NO3. The van der Waals surface area contributed by atoms with Crippen molar-refractivity contribution in [2.45, 2.75) is 20.8 Å². The molecule has 126 valence electrons. The molecule has 0 radical (unpaired) electrons. The van der Waals surface area contributed by atoms with E-state index in [9.17, 15) is 4.79 Å². The van der Waals surface area contributed by atoms with Crippen LogP contribution in [0.5, 0.6) is 11.5 Å². The largest absolute Gasteiger partial charge is 0.493 e. The van der Waals surface area contributed by atoms with Crippen molar-refractivity contribution >= 4 is 17.7 Å². The maximum atomic E-state index is 12.2. The van der Waals surface area contributed by atoms with E-state index >= 15 is 0 Å². The number of ether oxygens (including phenoxy) is 2. The van der Waals surface area contributed by atoms with Gasteiger partial charge in [-0.25, -0.2) is 0 Å². The fourth-order valence-corrected chi connectivity index (χ4v) is 2.67. The molecule has 4 heteroatoms. The monoisotopic (exact) mass is 325 g/mol. The molecule has 0 saturated carbocycles. The van der Waals surface area contributed by atoms with Gasteiger partial charge in [-0.3, -0.25) is 4.79 Å². The maximum Gasteiger partial charge on any atom is 0.248 e. The molecule has 0 bridgehead atoms. The third-order valence-corrected chi connectivity index (χ3v) is 3.76. The average molecular weight is 325 g/mol. The summed E-state index contributed by atoms with van der Waals surface area (Å²) in [7, 11) is 3.17. The Morgan fingerprint density at radius 1 is 0.958 bits per heavy atom. The Bertz CT molecular complexity index is 755. The van der Waals surface area contributed by atoms with Gasteiger partial charge in [-0.1, -0.05) is 23.8 Å². The van der Waals surface area contributed by atoms with Crippen molar-refractivity contribution in [3.8, 4) is 11.5 Å². The molecular weight excluding hydrogens is 302 g/mol. The Labute approximate surface area is 143 Å². The first-order valence-corrected chi connectivity index (χ1v) is 7.73. The van der Waals surface area contributed by atoms with Crippen LogP contribution in [0.3, 0.4) is 0 Å². The van der Waals surface area contributed by atoms with E-state index in [0.29, 0.717) is 11.5 Å². The fraction of sp³-hybridized carbons (Fsp3) is 0.250. The lowest BCUT2D eigenvalue weighted by molar-refractivity contribution is -0.111. The zero-order valence-corrected chi connectivity index (χ0v) is 14.8. The van der Waals surface area contributed by atoms with E-state index in [4.69, 9.17) is 9.47 Å². The second-order valence-corrected chi connectivity index (χ2v) is 5.71. The normalized spacial score (nSPS) is 10.7. The molecule has 0 atom stereocenters. The molecule has 0 aromatic heterocycles. The molecule has 0 unspecified atom stereocenters. The molecule has 0 saturated heterocycles. The van der Waals surface area contributed by atoms with E-state index in [0.717, 1.165) is 22.4 Å². The third-order valence-electron chi connectivity index (χ3n) is 3.76. The highest BCUT2D eigenvalue weighted by atomic mass is 16.5. The smallest absolute Gasteiger partial charge is 0.248 e. The number of methoxy groups -OCH3 is 2. The molecule has 0 aliphatic heterocycles. The maximum absolute atomic E-state index is 12.2. The van der Waals surface area contributed by atoms with Crippen LogP contribution in [0.4, 0.5) is 5.69 Å². The van der Waals surface area contributed by atoms with Crippen LogP contribution in [-0.4, -0.2) is 20.1 Å². The first-order valence-electron chi connectivity index (χ1n) is 7.73. The van der Waals surface area contributed by atoms with Gasteiger partial charge in [0.05, 0.1) is 14.2 Å². The van der Waals surface area contributed by atoms with Crippen LogP contribution >= 0.6 is 0 Å². The summed E-state index contributed by atoms with van der Waals surface area (Å²) in [5.41, 5.74) is 5.02. The highest BCUT2D eigenvalue weighted by molar-refractivity contribution is 6.02. The predicted molar refractivity (Wildman–Crippen MR) is 97.9 cm³/mol. The van der Waals surface area contributed by atoms with Crippen molar-refractivity contribution in [2.24, 2.45) is 0 Å². The topological polar surface area (TPSA) is 47.6 Å². The molecule has 0 fully saturated rings. The van der Waals surface area contributed by atoms with Gasteiger partial charge in [0.15, 0.2) is 11.5 Å². The van der Waals surface area contributed by atoms with Gasteiger partial charge in [-0.15, -0.1) is 0 Å². The first-order chi connectivity index (χ1) is 11.4. The van der Waals surface area contributed by atoms with Gasteiger partial charge in [-0.2, -0.15) is 0 Å². The second kappa shape index (κ2) is 7.68. The van der Waals surface area contributed by atoms with Crippen LogP contribution in [0.15, 0.2) is 36.4 Å². The molecule has 24 heavy (non-hydrogen) atoms. The first kappa shape index (κ1) is 17.6. The van der Waals surface area contributed by atoms with Crippen LogP contribution in [-0.2, 0) is 4.79 Å². The summed E-state index contributed by atoms with van der Waals surface area (Å²) in [4.78, 5) is 12.2. The molecule has 0 aliphatic carbocycles. The quantitative estimate of drug-likeness (QED) is 0.835. The van der Waals surface area contributed by atoms with E-state index in [1.807, 2.05) is 39.0 Å². The van der Waals surface area contributed by atoms with Gasteiger partial charge in [0.1, 0.15) is 0 Å². The van der Waals surface area contributed by atoms with Gasteiger partial charge < -0.3 is 14.8 Å². The number of nitrogens with one attached hydrogen (secondary N) is 1. The van der Waals surface area contributed by atoms with Gasteiger partial charge in [-0.05, 0) is 55.7 Å². The minimum absolute atomic E-state index is 0.167. The summed E-state index contributed by atoms with van der Waals surface area (Å²) in [6.07, 6.45) is 3.26. The number of hydrogen-bond acceptors (Lipinski definition) is 3. The van der Waals surface area contributed by atoms with E-state index in [1.165, 1.54) is 11.6 Å². The Hall–Kier alpha value is -2.75. The van der Waals surface area contributed by atoms with Gasteiger partial charge in [0.25, 0.3) is 0 Å². The zero-order chi connectivity index (χ0) is 17.7. The van der Waals surface area contributed by atoms with Crippen LogP contribution < -0.4 is 14.8 Å². The number of amides is 1. The molecule has 4 nitrogen and oxygen atoms in total. The minimum Gasteiger partial charge on any atom is -0.493 e. The third kappa shape index (κ3) is 4.16. The summed E-state index contributed by atoms with van der Waals surface area (Å²) >= 11 is 0. The number of rotatable bonds is 5. The Morgan fingerprint density at radius 3 is 2.17 bits per heavy atom. The van der Waals surface area contributed by atoms with Crippen LogP contribution in [0, 0.1) is 20.8 Å². The van der Waals surface area contributed by atoms with E-state index in [1.54, 1.807) is 20.3 Å². The lowest BCUT2D eigenvalue weighted by atomic mass is 10.1. The summed E-state index contributed by atoms with van der Waals surface area (Å²) in [5, 5.41) is 2.95. The predicted octanol–water partition coefficient (Wildman–Crippen LogP) is 4.28. The molecule has 2 rings (SSSR count). The van der Waals surface area contributed by atoms with Crippen LogP contribution in [0.25, 0.3) is 6.08 Å². The minimum atomic E-state index is -0.167. The van der Waals surface area contributed by atoms with E-state index < -0.39 is 0 Å². The van der Waals surface area contributed by atoms with Crippen molar-refractivity contribution in [2.75, 3.05) is 19.5 Å². The van der Waals surface area contributed by atoms with Gasteiger partial charge >= 0.3 is 0 Å². The SMILES string of the molecule is COc1ccc(/C=C\C(=O)Nc2c(C)cc(C)cc2C)cc1OC. The van der Waals surface area contributed by atoms with Crippen molar-refractivity contribution in [3.63, 3.8) is 0 Å². The standard InChI is InChI=1S/C20H23NO3/c1-13-10-14(2)20(15(3)11-13)21-19(22)9-7-16-6-8-17(23-4)18(12-16)24-5/h6-12H,1-5H3,(H,21,22)/b9-7-. The lowest BCUT2D eigenvalue weighted by Gasteiger charge is -2.11. The molecule has 0 spiro atoms. The highest BCUT2D eigenvalue weighted by Gasteiger charge is 2.07. The Balaban J connectivity index is 2.14. The second-order valence-electron chi connectivity index (χ2n) is 5.71. The molecule has 2 aromatic carbocycles. The zero-order valence-electron chi connectivity index (χ0n) is 14.8. The fourth-order valence-electron chi connectivity index (χ4n) is 2.67. The highest BCUT2D eigenvalue weighted by Crippen LogP contribution is 2.28. The van der Waals surface area contributed by atoms with Crippen molar-refractivity contribution in [3.05, 3.63) is 58.7 Å². The van der Waals surface area contributed by atoms with E-state index in [2.05, 4.69) is 17.4 Å². The van der Waals surface area contributed by atoms with Crippen molar-refractivity contribution < 1.29 is 14.3 Å². The number of benzene rings is 2. The summed E-state index contributed by atoms with van der Waals surface area (Å²) in [5.74, 6) is 1.12. The Kier molecular flexibility index (Phi) is 5.64. The van der Waals surface area contributed by atoms with E-state index in [-0.39, 0.29) is 5.91 Å². The average Bonchev–Trinajstić information content (AvgIpc) is 2.55. The van der Waals surface area contributed by atoms with Crippen LogP contribution in [0.2, 0.25) is 0 Å². The van der Waals surface area contributed by atoms with Gasteiger partial charge in [0, 0.05) is 11.8 Å². The van der Waals surface area contributed by atoms with Crippen LogP contribution in [0.1, 0.15) is 22.3 Å². The summed E-state index contributed by atoms with van der Waals surface area (Å²) < 4.78 is 10.5. The van der Waals surface area contributed by atoms with Crippen molar-refractivity contribution in [1.82, 2.24) is 0 Å². The van der Waals surface area contributed by atoms with Crippen molar-refractivity contribution in [1.29, 1.82) is 0 Å². The number of carbonyl (C=O) groups is 1. The molecule has 0 aliphatic rings. The molecule has 1 N–H and O–H groups in total. The number of carbonyl (C=O) groups excluding carboxylic acids is 1. The lowest BCUT2D eigenvalue weighted by Crippen LogP contribution is -2.10. The number of hydrogen-bond donors (Lipinski definition) is 1. The molecule has 2 aromatic rings. The summed E-state index contributed by atoms with van der Waals surface area (Å²) in [6, 6.07) is 9.62. The molecule has 0 heterocycles. The molecule has 1 amide bonds.